The van der Waals surface area contributed by atoms with Crippen molar-refractivity contribution in [3.05, 3.63) is 12.1 Å². The van der Waals surface area contributed by atoms with E-state index in [1.807, 2.05) is 0 Å². The van der Waals surface area contributed by atoms with Gasteiger partial charge in [-0.15, -0.1) is 0 Å². The summed E-state index contributed by atoms with van der Waals surface area (Å²) in [6.07, 6.45) is -66.4. The van der Waals surface area contributed by atoms with E-state index in [-0.39, 0.29) is 0 Å². The number of carbonyl (C=O) groups is 1. The third kappa shape index (κ3) is 17.2. The molecule has 0 amide bonds. The second kappa shape index (κ2) is 16.3. The van der Waals surface area contributed by atoms with Crippen LogP contribution in [0.25, 0.3) is 1.43 Å². The molecule has 0 aromatic heterocycles. The van der Waals surface area contributed by atoms with Gasteiger partial charge in [-0.05, 0) is 31.9 Å². The molecule has 0 saturated heterocycles. The number of aliphatic carboxylic acids is 1. The molecular weight excluding hydrogens is 248 g/mol. The molecule has 0 spiro atoms. The molecule has 0 atom stereocenters. The zero-order chi connectivity index (χ0) is 44.9. The molecule has 0 saturated carbocycles. The van der Waals surface area contributed by atoms with E-state index < -0.39 is 114 Å². The van der Waals surface area contributed by atoms with Crippen molar-refractivity contribution in [3.63, 3.8) is 0 Å². The molecule has 0 aliphatic carbocycles. The first-order chi connectivity index (χ1) is 22.8. The normalized spacial score (nSPS) is 47.8. The molecule has 20 heavy (non-hydrogen) atoms. The molecule has 0 fully saturated rings. The molecule has 118 valence electrons. The van der Waals surface area contributed by atoms with Crippen molar-refractivity contribution in [3.8, 4) is 0 Å². The van der Waals surface area contributed by atoms with Crippen LogP contribution >= 0.6 is 0 Å². The monoisotopic (exact) mass is 316 g/mol. The third-order valence-electron chi connectivity index (χ3n) is 1.04. The zero-order valence-corrected chi connectivity index (χ0v) is 9.82. The highest BCUT2D eigenvalue weighted by atomic mass is 16.4. The Kier molecular flexibility index (Phi) is 1.90. The summed E-state index contributed by atoms with van der Waals surface area (Å²) in [5.41, 5.74) is 0. The summed E-state index contributed by atoms with van der Waals surface area (Å²) in [4.78, 5) is 11.7. The number of allylic oxidation sites excluding steroid dienone is 2. The molecule has 0 aromatic carbocycles. The summed E-state index contributed by atoms with van der Waals surface area (Å²) in [5, 5.41) is 3.27. The average Bonchev–Trinajstić information content (AvgIpc) is 2.97. The lowest BCUT2D eigenvalue weighted by atomic mass is 10.1. The highest BCUT2D eigenvalue weighted by Gasteiger charge is 1.95. The average molecular weight is 317 g/mol. The Morgan fingerprint density at radius 2 is 1.55 bits per heavy atom. The van der Waals surface area contributed by atoms with E-state index in [0.717, 1.165) is 0 Å². The standard InChI is InChI=1S/C18H34O2/c1-2-3-4-5-6-7-8-9-10-11-12-13-14-15-16-17-18(19)20/h9-10H,2-8,11-17H2,1H3,(H,19,20)/b10-9+/i1D3,2D2,3D2,4D2,5D2,6D2,7D2,8D2,9D,10D,11D2,12D2,13D2,14D2,15D2,16D2,17D2/hD. The highest BCUT2D eigenvalue weighted by Crippen LogP contribution is 2.09. The first-order valence-corrected chi connectivity index (χ1v) is 4.66. The predicted molar refractivity (Wildman–Crippen MR) is 87.1 cm³/mol. The van der Waals surface area contributed by atoms with E-state index in [4.69, 9.17) is 46.7 Å². The van der Waals surface area contributed by atoms with Gasteiger partial charge >= 0.3 is 5.97 Å². The molecule has 2 heteroatoms. The van der Waals surface area contributed by atoms with Gasteiger partial charge in [0.05, 0.1) is 2.74 Å². The summed E-state index contributed by atoms with van der Waals surface area (Å²) in [5.74, 6) is -2.50. The molecule has 1 N–H and O–H groups in total. The van der Waals surface area contributed by atoms with Crippen molar-refractivity contribution in [1.82, 2.24) is 0 Å². The zero-order valence-electron chi connectivity index (χ0n) is 43.8. The van der Waals surface area contributed by atoms with Gasteiger partial charge in [-0.2, -0.15) is 0 Å². The van der Waals surface area contributed by atoms with Crippen molar-refractivity contribution in [1.29, 1.82) is 1.43 Å². The molecule has 0 radical (unpaired) electrons. The fraction of sp³-hybridized carbons (Fsp3) is 0.833. The fourth-order valence-corrected chi connectivity index (χ4v) is 0.489. The summed E-state index contributed by atoms with van der Waals surface area (Å²) in [6, 6.07) is -5.13. The second-order valence-electron chi connectivity index (χ2n) is 2.29. The van der Waals surface area contributed by atoms with Crippen LogP contribution in [0.4, 0.5) is 0 Å². The number of carboxylic acids is 1. The van der Waals surface area contributed by atoms with Gasteiger partial charge in [0.15, 0.2) is 0 Å². The molecule has 0 aliphatic heterocycles. The van der Waals surface area contributed by atoms with Gasteiger partial charge in [0.1, 0.15) is 0 Å². The van der Waals surface area contributed by atoms with Gasteiger partial charge in [-0.3, -0.25) is 4.79 Å². The molecule has 2 nitrogen and oxygen atoms in total. The van der Waals surface area contributed by atoms with Crippen molar-refractivity contribution in [2.75, 3.05) is 0 Å². The van der Waals surface area contributed by atoms with E-state index in [2.05, 4.69) is 5.11 Å². The first-order valence-electron chi connectivity index (χ1n) is 21.6. The Morgan fingerprint density at radius 1 is 1.00 bits per heavy atom. The molecule has 0 aromatic rings. The number of hydrogen-bond acceptors (Lipinski definition) is 2. The van der Waals surface area contributed by atoms with Crippen molar-refractivity contribution >= 4 is 5.97 Å². The lowest BCUT2D eigenvalue weighted by Crippen LogP contribution is -1.93. The quantitative estimate of drug-likeness (QED) is 0.370. The number of rotatable bonds is 15. The molecule has 0 bridgehead atoms. The Labute approximate surface area is 173 Å². The van der Waals surface area contributed by atoms with Gasteiger partial charge in [-0.1, -0.05) is 69.9 Å². The fourth-order valence-electron chi connectivity index (χ4n) is 0.489. The Bertz CT molecular complexity index is 1440. The molecular formula is C18H34O2. The van der Waals surface area contributed by atoms with E-state index in [9.17, 15) is 4.79 Å². The number of carboxylic acid groups (broad SMARTS) is 1. The third-order valence-corrected chi connectivity index (χ3v) is 1.04. The summed E-state index contributed by atoms with van der Waals surface area (Å²) in [6.45, 7) is -4.09. The van der Waals surface area contributed by atoms with Crippen LogP contribution in [-0.2, 0) is 4.79 Å². The largest absolute Gasteiger partial charge is 0.481 e. The molecule has 0 rings (SSSR count). The van der Waals surface area contributed by atoms with Crippen molar-refractivity contribution in [2.45, 2.75) is 96.1 Å². The van der Waals surface area contributed by atoms with E-state index in [1.165, 1.54) is 0 Å². The summed E-state index contributed by atoms with van der Waals surface area (Å²) < 4.78 is 267. The molecule has 0 unspecified atom stereocenters. The summed E-state index contributed by atoms with van der Waals surface area (Å²) >= 11 is 0. The topological polar surface area (TPSA) is 37.3 Å². The second-order valence-corrected chi connectivity index (χ2v) is 2.29. The van der Waals surface area contributed by atoms with E-state index in [0.29, 0.717) is 0 Å². The van der Waals surface area contributed by atoms with Gasteiger partial charge in [0, 0.05) is 48.9 Å². The van der Waals surface area contributed by atoms with Crippen LogP contribution in [0.1, 0.15) is 141 Å². The minimum atomic E-state index is -4.92. The van der Waals surface area contributed by atoms with Crippen LogP contribution in [0.15, 0.2) is 12.1 Å². The van der Waals surface area contributed by atoms with Gasteiger partial charge in [0.2, 0.25) is 0 Å². The smallest absolute Gasteiger partial charge is 0.303 e. The van der Waals surface area contributed by atoms with Crippen LogP contribution in [-0.4, -0.2) is 11.1 Å². The minimum absolute atomic E-state index is 2.50. The Hall–Kier alpha value is -0.790. The van der Waals surface area contributed by atoms with Gasteiger partial charge in [0.25, 0.3) is 1.43 Å². The van der Waals surface area contributed by atoms with Gasteiger partial charge < -0.3 is 5.11 Å². The Balaban J connectivity index is 7.71. The number of hydrogen-bond donors (Lipinski definition) is 1. The molecule has 0 aliphatic rings. The van der Waals surface area contributed by atoms with E-state index in [1.54, 1.807) is 0 Å². The van der Waals surface area contributed by atoms with Crippen molar-refractivity contribution < 1.29 is 55.1 Å². The van der Waals surface area contributed by atoms with Gasteiger partial charge in [-0.25, -0.2) is 0 Å². The Morgan fingerprint density at radius 3 is 2.15 bits per heavy atom. The van der Waals surface area contributed by atoms with Crippen LogP contribution in [0.2, 0.25) is 0 Å². The van der Waals surface area contributed by atoms with E-state index >= 15 is 0 Å². The highest BCUT2D eigenvalue weighted by molar-refractivity contribution is 5.66. The lowest BCUT2D eigenvalue weighted by molar-refractivity contribution is -0.137. The van der Waals surface area contributed by atoms with Crippen molar-refractivity contribution in [2.24, 2.45) is 0 Å². The SMILES string of the molecule is [2H]OC(=O)C([2H])([2H])C([2H])([2H])C([2H])([2H])C([2H])([2H])C([2H])([2H])C([2H])([2H])C([2H])([2H])/C([2H])=C(\[2H])C([2H])([2H])C([2H])([2H])C([2H])([2H])C([2H])([2H])C([2H])([2H])C([2H])([2H])C([2H])([2H])C([2H])([2H])[2H]. The molecule has 0 heterocycles. The maximum Gasteiger partial charge on any atom is 0.303 e. The van der Waals surface area contributed by atoms with Crippen LogP contribution in [0.5, 0.6) is 0 Å². The maximum atomic E-state index is 11.7. The summed E-state index contributed by atoms with van der Waals surface area (Å²) in [7, 11) is 0. The predicted octanol–water partition coefficient (Wildman–Crippen LogP) is 6.11. The van der Waals surface area contributed by atoms with Crippen LogP contribution in [0, 0.1) is 0 Å². The minimum Gasteiger partial charge on any atom is -0.481 e. The lowest BCUT2D eigenvalue weighted by Gasteiger charge is -1.99. The maximum absolute atomic E-state index is 11.7. The van der Waals surface area contributed by atoms with Crippen LogP contribution < -0.4 is 0 Å². The first kappa shape index (κ1) is 2.34. The van der Waals surface area contributed by atoms with Crippen LogP contribution in [0.3, 0.4) is 0 Å².